The third kappa shape index (κ3) is 4.58. The van der Waals surface area contributed by atoms with Gasteiger partial charge in [-0.3, -0.25) is 14.5 Å². The Morgan fingerprint density at radius 3 is 2.23 bits per heavy atom. The highest BCUT2D eigenvalue weighted by Crippen LogP contribution is 2.33. The molecule has 1 heterocycles. The summed E-state index contributed by atoms with van der Waals surface area (Å²) in [6, 6.07) is 14.2. The Morgan fingerprint density at radius 2 is 1.65 bits per heavy atom. The number of hydrogen-bond acceptors (Lipinski definition) is 4. The maximum atomic E-state index is 12.7. The number of nitrogens with two attached hydrogens (primary N) is 1. The fraction of sp³-hybridized carbons (Fsp3) is 0.167. The maximum Gasteiger partial charge on any atom is 0.242 e. The molecule has 134 valence electrons. The number of benzene rings is 2. The normalized spacial score (nSPS) is 18.5. The first-order valence-electron chi connectivity index (χ1n) is 7.77. The predicted octanol–water partition coefficient (Wildman–Crippen LogP) is 4.00. The zero-order valence-electron chi connectivity index (χ0n) is 13.6. The minimum absolute atomic E-state index is 0.0275. The summed E-state index contributed by atoms with van der Waals surface area (Å²) in [4.78, 5) is 30.1. The molecule has 1 atom stereocenters. The van der Waals surface area contributed by atoms with E-state index >= 15 is 0 Å². The number of carbonyl (C=O) groups excluding carboxylic acids is 2. The van der Waals surface area contributed by atoms with E-state index in [9.17, 15) is 9.59 Å². The van der Waals surface area contributed by atoms with Crippen LogP contribution in [0.4, 0.5) is 5.69 Å². The second-order valence-electron chi connectivity index (χ2n) is 5.70. The molecule has 2 aromatic rings. The summed E-state index contributed by atoms with van der Waals surface area (Å²) in [5.41, 5.74) is 6.85. The molecule has 5 nitrogen and oxygen atoms in total. The minimum atomic E-state index is -0.564. The summed E-state index contributed by atoms with van der Waals surface area (Å²) in [5, 5.41) is 1.19. The second kappa shape index (κ2) is 8.12. The topological polar surface area (TPSA) is 75.8 Å². The van der Waals surface area contributed by atoms with Crippen molar-refractivity contribution >= 4 is 57.6 Å². The van der Waals surface area contributed by atoms with Gasteiger partial charge in [0.25, 0.3) is 0 Å². The van der Waals surface area contributed by atoms with Gasteiger partial charge in [0.05, 0.1) is 12.2 Å². The van der Waals surface area contributed by atoms with Crippen LogP contribution >= 0.6 is 35.0 Å². The molecular weight excluding hydrogens is 393 g/mol. The van der Waals surface area contributed by atoms with Gasteiger partial charge < -0.3 is 5.73 Å². The molecule has 3 rings (SSSR count). The van der Waals surface area contributed by atoms with Crippen LogP contribution in [0.25, 0.3) is 0 Å². The zero-order valence-corrected chi connectivity index (χ0v) is 15.9. The van der Waals surface area contributed by atoms with Crippen LogP contribution in [0, 0.1) is 0 Å². The SMILES string of the molecule is NC(=O)C[C@@H]1SC(=Nc2ccc(Cl)cc2)N(Cc2ccc(Cl)cc2)C1=O. The first-order valence-corrected chi connectivity index (χ1v) is 9.41. The number of carbonyl (C=O) groups is 2. The van der Waals surface area contributed by atoms with Gasteiger partial charge in [-0.2, -0.15) is 0 Å². The zero-order chi connectivity index (χ0) is 18.7. The van der Waals surface area contributed by atoms with E-state index in [1.165, 1.54) is 11.8 Å². The molecule has 0 aromatic heterocycles. The lowest BCUT2D eigenvalue weighted by Gasteiger charge is -2.16. The van der Waals surface area contributed by atoms with E-state index in [1.807, 2.05) is 12.1 Å². The molecular formula is C18H15Cl2N3O2S. The Balaban J connectivity index is 1.89. The van der Waals surface area contributed by atoms with E-state index < -0.39 is 11.2 Å². The number of halogens is 2. The number of primary amides is 1. The van der Waals surface area contributed by atoms with Crippen LogP contribution in [0.5, 0.6) is 0 Å². The first-order chi connectivity index (χ1) is 12.4. The summed E-state index contributed by atoms with van der Waals surface area (Å²) >= 11 is 13.1. The summed E-state index contributed by atoms with van der Waals surface area (Å²) in [6.07, 6.45) is -0.0275. The number of amidine groups is 1. The van der Waals surface area contributed by atoms with Crippen molar-refractivity contribution in [2.24, 2.45) is 10.7 Å². The molecule has 1 saturated heterocycles. The van der Waals surface area contributed by atoms with Gasteiger partial charge in [-0.15, -0.1) is 0 Å². The third-order valence-electron chi connectivity index (χ3n) is 3.71. The lowest BCUT2D eigenvalue weighted by atomic mass is 10.2. The quantitative estimate of drug-likeness (QED) is 0.813. The van der Waals surface area contributed by atoms with Crippen LogP contribution < -0.4 is 5.73 Å². The van der Waals surface area contributed by atoms with Crippen molar-refractivity contribution in [3.63, 3.8) is 0 Å². The molecule has 0 saturated carbocycles. The van der Waals surface area contributed by atoms with E-state index in [0.717, 1.165) is 5.56 Å². The van der Waals surface area contributed by atoms with E-state index in [4.69, 9.17) is 28.9 Å². The monoisotopic (exact) mass is 407 g/mol. The molecule has 2 N–H and O–H groups in total. The van der Waals surface area contributed by atoms with Crippen molar-refractivity contribution in [3.8, 4) is 0 Å². The molecule has 0 spiro atoms. The number of amides is 2. The highest BCUT2D eigenvalue weighted by atomic mass is 35.5. The molecule has 0 radical (unpaired) electrons. The predicted molar refractivity (Wildman–Crippen MR) is 106 cm³/mol. The summed E-state index contributed by atoms with van der Waals surface area (Å²) in [7, 11) is 0. The Hall–Kier alpha value is -2.02. The fourth-order valence-corrected chi connectivity index (χ4v) is 3.87. The smallest absolute Gasteiger partial charge is 0.242 e. The van der Waals surface area contributed by atoms with Gasteiger partial charge in [0, 0.05) is 16.5 Å². The standard InChI is InChI=1S/C18H15Cl2N3O2S/c19-12-3-1-11(2-4-12)10-23-17(25)15(9-16(21)24)26-18(23)22-14-7-5-13(20)6-8-14/h1-8,15H,9-10H2,(H2,21,24)/t15-/m0/s1. The van der Waals surface area contributed by atoms with Gasteiger partial charge in [0.1, 0.15) is 5.25 Å². The number of aliphatic imine (C=N–C) groups is 1. The number of thioether (sulfide) groups is 1. The molecule has 1 aliphatic rings. The maximum absolute atomic E-state index is 12.7. The highest BCUT2D eigenvalue weighted by molar-refractivity contribution is 8.15. The van der Waals surface area contributed by atoms with Gasteiger partial charge in [0.15, 0.2) is 5.17 Å². The third-order valence-corrected chi connectivity index (χ3v) is 5.39. The summed E-state index contributed by atoms with van der Waals surface area (Å²) < 4.78 is 0. The van der Waals surface area contributed by atoms with Crippen LogP contribution in [0.2, 0.25) is 10.0 Å². The van der Waals surface area contributed by atoms with Gasteiger partial charge in [-0.25, -0.2) is 4.99 Å². The number of rotatable bonds is 5. The van der Waals surface area contributed by atoms with Crippen molar-refractivity contribution in [1.82, 2.24) is 4.90 Å². The fourth-order valence-electron chi connectivity index (χ4n) is 2.45. The molecule has 1 aliphatic heterocycles. The molecule has 2 aromatic carbocycles. The van der Waals surface area contributed by atoms with Crippen LogP contribution in [-0.2, 0) is 16.1 Å². The van der Waals surface area contributed by atoms with Gasteiger partial charge >= 0.3 is 0 Å². The number of hydrogen-bond donors (Lipinski definition) is 1. The van der Waals surface area contributed by atoms with Crippen LogP contribution in [0.15, 0.2) is 53.5 Å². The van der Waals surface area contributed by atoms with E-state index in [2.05, 4.69) is 4.99 Å². The molecule has 0 aliphatic carbocycles. The van der Waals surface area contributed by atoms with Gasteiger partial charge in [-0.05, 0) is 42.0 Å². The van der Waals surface area contributed by atoms with E-state index in [1.54, 1.807) is 41.3 Å². The lowest BCUT2D eigenvalue weighted by Crippen LogP contribution is -2.33. The molecule has 0 bridgehead atoms. The van der Waals surface area contributed by atoms with Crippen LogP contribution in [-0.4, -0.2) is 27.1 Å². The Labute approximate surface area is 165 Å². The molecule has 2 amide bonds. The molecule has 26 heavy (non-hydrogen) atoms. The van der Waals surface area contributed by atoms with E-state index in [0.29, 0.717) is 27.4 Å². The van der Waals surface area contributed by atoms with Crippen molar-refractivity contribution in [2.75, 3.05) is 0 Å². The molecule has 8 heteroatoms. The van der Waals surface area contributed by atoms with Crippen LogP contribution in [0.3, 0.4) is 0 Å². The van der Waals surface area contributed by atoms with Crippen LogP contribution in [0.1, 0.15) is 12.0 Å². The van der Waals surface area contributed by atoms with Crippen molar-refractivity contribution in [2.45, 2.75) is 18.2 Å². The summed E-state index contributed by atoms with van der Waals surface area (Å²) in [6.45, 7) is 0.338. The first kappa shape index (κ1) is 18.8. The summed E-state index contributed by atoms with van der Waals surface area (Å²) in [5.74, 6) is -0.702. The second-order valence-corrected chi connectivity index (χ2v) is 7.74. The van der Waals surface area contributed by atoms with Crippen molar-refractivity contribution < 1.29 is 9.59 Å². The largest absolute Gasteiger partial charge is 0.370 e. The Kier molecular flexibility index (Phi) is 5.86. The van der Waals surface area contributed by atoms with Gasteiger partial charge in [-0.1, -0.05) is 47.1 Å². The van der Waals surface area contributed by atoms with E-state index in [-0.39, 0.29) is 12.3 Å². The Morgan fingerprint density at radius 1 is 1.08 bits per heavy atom. The van der Waals surface area contributed by atoms with Crippen molar-refractivity contribution in [3.05, 3.63) is 64.1 Å². The number of nitrogens with zero attached hydrogens (tertiary/aromatic N) is 2. The van der Waals surface area contributed by atoms with Gasteiger partial charge in [0.2, 0.25) is 11.8 Å². The molecule has 1 fully saturated rings. The molecule has 0 unspecified atom stereocenters. The minimum Gasteiger partial charge on any atom is -0.370 e. The highest BCUT2D eigenvalue weighted by Gasteiger charge is 2.38. The van der Waals surface area contributed by atoms with Crippen molar-refractivity contribution in [1.29, 1.82) is 0 Å². The average molecular weight is 408 g/mol. The average Bonchev–Trinajstić information content (AvgIpc) is 2.87. The lowest BCUT2D eigenvalue weighted by molar-refractivity contribution is -0.128. The Bertz CT molecular complexity index is 854.